The summed E-state index contributed by atoms with van der Waals surface area (Å²) in [6.45, 7) is 4.54. The first-order valence-corrected chi connectivity index (χ1v) is 5.48. The number of anilines is 1. The fourth-order valence-electron chi connectivity index (χ4n) is 1.76. The summed E-state index contributed by atoms with van der Waals surface area (Å²) in [4.78, 5) is 19.6. The van der Waals surface area contributed by atoms with E-state index in [9.17, 15) is 4.79 Å². The molecule has 1 aromatic heterocycles. The molecule has 1 unspecified atom stereocenters. The van der Waals surface area contributed by atoms with Gasteiger partial charge in [-0.05, 0) is 20.3 Å². The van der Waals surface area contributed by atoms with E-state index in [0.717, 1.165) is 23.6 Å². The van der Waals surface area contributed by atoms with Gasteiger partial charge in [-0.15, -0.1) is 0 Å². The first-order chi connectivity index (χ1) is 7.65. The molecule has 0 aromatic carbocycles. The Hall–Kier alpha value is -1.65. The van der Waals surface area contributed by atoms with Crippen LogP contribution in [0.15, 0.2) is 6.20 Å². The third-order valence-corrected chi connectivity index (χ3v) is 2.68. The fourth-order valence-corrected chi connectivity index (χ4v) is 1.76. The molecule has 2 rings (SSSR count). The Labute approximate surface area is 94.7 Å². The molecule has 2 heterocycles. The topological polar surface area (TPSA) is 66.9 Å². The Morgan fingerprint density at radius 2 is 2.38 bits per heavy atom. The summed E-state index contributed by atoms with van der Waals surface area (Å²) in [5.74, 6) is 0.944. The normalized spacial score (nSPS) is 19.6. The largest absolute Gasteiger partial charge is 0.367 e. The zero-order chi connectivity index (χ0) is 11.5. The molecule has 2 N–H and O–H groups in total. The van der Waals surface area contributed by atoms with Gasteiger partial charge in [0, 0.05) is 25.2 Å². The molecule has 1 aliphatic rings. The number of carbonyl (C=O) groups excluding carboxylic acids is 1. The standard InChI is InChI=1S/C11H16N4O/c1-7-5-12-8(2)11(14-7)13-6-9-3-4-10(16)15-9/h5,9H,3-4,6H2,1-2H3,(H,13,14)(H,15,16). The predicted octanol–water partition coefficient (Wildman–Crippen LogP) is 0.784. The van der Waals surface area contributed by atoms with Crippen LogP contribution in [-0.4, -0.2) is 28.5 Å². The van der Waals surface area contributed by atoms with E-state index in [2.05, 4.69) is 20.6 Å². The van der Waals surface area contributed by atoms with E-state index in [1.54, 1.807) is 6.20 Å². The Morgan fingerprint density at radius 1 is 1.56 bits per heavy atom. The van der Waals surface area contributed by atoms with Gasteiger partial charge in [-0.3, -0.25) is 9.78 Å². The molecule has 0 bridgehead atoms. The Bertz CT molecular complexity index is 405. The lowest BCUT2D eigenvalue weighted by atomic mass is 10.2. The van der Waals surface area contributed by atoms with Crippen LogP contribution in [0.4, 0.5) is 5.82 Å². The van der Waals surface area contributed by atoms with Crippen molar-refractivity contribution in [2.24, 2.45) is 0 Å². The average molecular weight is 220 g/mol. The smallest absolute Gasteiger partial charge is 0.220 e. The van der Waals surface area contributed by atoms with Crippen LogP contribution in [-0.2, 0) is 4.79 Å². The summed E-state index contributed by atoms with van der Waals surface area (Å²) >= 11 is 0. The minimum atomic E-state index is 0.138. The number of carbonyl (C=O) groups is 1. The lowest BCUT2D eigenvalue weighted by Gasteiger charge is -2.13. The van der Waals surface area contributed by atoms with Crippen molar-refractivity contribution in [2.45, 2.75) is 32.7 Å². The molecule has 0 saturated carbocycles. The van der Waals surface area contributed by atoms with Crippen molar-refractivity contribution in [1.29, 1.82) is 0 Å². The number of aromatic nitrogens is 2. The van der Waals surface area contributed by atoms with Crippen LogP contribution in [0.2, 0.25) is 0 Å². The van der Waals surface area contributed by atoms with Crippen LogP contribution in [0, 0.1) is 13.8 Å². The maximum absolute atomic E-state index is 11.0. The van der Waals surface area contributed by atoms with Crippen molar-refractivity contribution in [3.05, 3.63) is 17.6 Å². The summed E-state index contributed by atoms with van der Waals surface area (Å²) < 4.78 is 0. The third kappa shape index (κ3) is 2.48. The second kappa shape index (κ2) is 4.47. The molecule has 1 atom stereocenters. The van der Waals surface area contributed by atoms with E-state index in [1.165, 1.54) is 0 Å². The van der Waals surface area contributed by atoms with E-state index in [-0.39, 0.29) is 11.9 Å². The molecule has 1 aromatic rings. The van der Waals surface area contributed by atoms with Gasteiger partial charge in [0.2, 0.25) is 5.91 Å². The number of hydrogen-bond donors (Lipinski definition) is 2. The van der Waals surface area contributed by atoms with Gasteiger partial charge in [-0.2, -0.15) is 0 Å². The average Bonchev–Trinajstić information content (AvgIpc) is 2.66. The number of nitrogens with one attached hydrogen (secondary N) is 2. The van der Waals surface area contributed by atoms with E-state index >= 15 is 0 Å². The molecule has 86 valence electrons. The molecule has 1 saturated heterocycles. The SMILES string of the molecule is Cc1cnc(C)c(NCC2CCC(=O)N2)n1. The maximum atomic E-state index is 11.0. The van der Waals surface area contributed by atoms with Gasteiger partial charge >= 0.3 is 0 Å². The van der Waals surface area contributed by atoms with Gasteiger partial charge < -0.3 is 10.6 Å². The zero-order valence-electron chi connectivity index (χ0n) is 9.58. The van der Waals surface area contributed by atoms with Crippen LogP contribution in [0.25, 0.3) is 0 Å². The highest BCUT2D eigenvalue weighted by molar-refractivity contribution is 5.78. The highest BCUT2D eigenvalue weighted by atomic mass is 16.1. The highest BCUT2D eigenvalue weighted by Crippen LogP contribution is 2.11. The lowest BCUT2D eigenvalue weighted by Crippen LogP contribution is -2.32. The molecule has 16 heavy (non-hydrogen) atoms. The van der Waals surface area contributed by atoms with Crippen molar-refractivity contribution >= 4 is 11.7 Å². The highest BCUT2D eigenvalue weighted by Gasteiger charge is 2.20. The zero-order valence-corrected chi connectivity index (χ0v) is 9.58. The van der Waals surface area contributed by atoms with Crippen LogP contribution in [0.3, 0.4) is 0 Å². The number of amides is 1. The summed E-state index contributed by atoms with van der Waals surface area (Å²) in [5.41, 5.74) is 1.78. The molecule has 0 spiro atoms. The Kier molecular flexibility index (Phi) is 3.03. The molecule has 5 nitrogen and oxygen atoms in total. The molecular formula is C11H16N4O. The van der Waals surface area contributed by atoms with E-state index in [1.807, 2.05) is 13.8 Å². The Morgan fingerprint density at radius 3 is 3.06 bits per heavy atom. The maximum Gasteiger partial charge on any atom is 0.220 e. The second-order valence-electron chi connectivity index (χ2n) is 4.13. The molecule has 5 heteroatoms. The van der Waals surface area contributed by atoms with Crippen molar-refractivity contribution in [3.63, 3.8) is 0 Å². The quantitative estimate of drug-likeness (QED) is 0.790. The fraction of sp³-hybridized carbons (Fsp3) is 0.545. The number of aryl methyl sites for hydroxylation is 2. The van der Waals surface area contributed by atoms with Crippen LogP contribution >= 0.6 is 0 Å². The number of hydrogen-bond acceptors (Lipinski definition) is 4. The van der Waals surface area contributed by atoms with E-state index in [4.69, 9.17) is 0 Å². The molecule has 1 amide bonds. The second-order valence-corrected chi connectivity index (χ2v) is 4.13. The van der Waals surface area contributed by atoms with Crippen molar-refractivity contribution < 1.29 is 4.79 Å². The third-order valence-electron chi connectivity index (χ3n) is 2.68. The van der Waals surface area contributed by atoms with Gasteiger partial charge in [-0.25, -0.2) is 4.98 Å². The minimum Gasteiger partial charge on any atom is -0.367 e. The van der Waals surface area contributed by atoms with Crippen molar-refractivity contribution in [3.8, 4) is 0 Å². The van der Waals surface area contributed by atoms with Crippen LogP contribution in [0.1, 0.15) is 24.2 Å². The first-order valence-electron chi connectivity index (χ1n) is 5.48. The molecular weight excluding hydrogens is 204 g/mol. The van der Waals surface area contributed by atoms with Gasteiger partial charge in [0.25, 0.3) is 0 Å². The minimum absolute atomic E-state index is 0.138. The molecule has 0 aliphatic carbocycles. The molecule has 1 fully saturated rings. The van der Waals surface area contributed by atoms with Gasteiger partial charge in [0.1, 0.15) is 5.82 Å². The summed E-state index contributed by atoms with van der Waals surface area (Å²) in [6.07, 6.45) is 3.27. The first kappa shape index (κ1) is 10.9. The predicted molar refractivity (Wildman–Crippen MR) is 61.2 cm³/mol. The van der Waals surface area contributed by atoms with Crippen LogP contribution < -0.4 is 10.6 Å². The van der Waals surface area contributed by atoms with Crippen molar-refractivity contribution in [2.75, 3.05) is 11.9 Å². The monoisotopic (exact) mass is 220 g/mol. The molecule has 0 radical (unpaired) electrons. The van der Waals surface area contributed by atoms with Gasteiger partial charge in [-0.1, -0.05) is 0 Å². The van der Waals surface area contributed by atoms with Crippen LogP contribution in [0.5, 0.6) is 0 Å². The number of nitrogens with zero attached hydrogens (tertiary/aromatic N) is 2. The summed E-state index contributed by atoms with van der Waals surface area (Å²) in [5, 5.41) is 6.14. The van der Waals surface area contributed by atoms with Gasteiger partial charge in [0.15, 0.2) is 0 Å². The summed E-state index contributed by atoms with van der Waals surface area (Å²) in [7, 11) is 0. The lowest BCUT2D eigenvalue weighted by molar-refractivity contribution is -0.119. The molecule has 1 aliphatic heterocycles. The Balaban J connectivity index is 1.94. The van der Waals surface area contributed by atoms with Crippen molar-refractivity contribution in [1.82, 2.24) is 15.3 Å². The van der Waals surface area contributed by atoms with E-state index < -0.39 is 0 Å². The summed E-state index contributed by atoms with van der Waals surface area (Å²) in [6, 6.07) is 0.217. The van der Waals surface area contributed by atoms with E-state index in [0.29, 0.717) is 13.0 Å². The van der Waals surface area contributed by atoms with Gasteiger partial charge in [0.05, 0.1) is 11.4 Å². The number of rotatable bonds is 3.